The predicted octanol–water partition coefficient (Wildman–Crippen LogP) is 0.439. The number of carbonyl (C=O) groups is 1. The minimum Gasteiger partial charge on any atom is -0.382 e. The number of ketones is 1. The fourth-order valence-corrected chi connectivity index (χ4v) is 1.79. The minimum atomic E-state index is -1.59. The molecule has 86 valence electrons. The summed E-state index contributed by atoms with van der Waals surface area (Å²) in [4.78, 5) is 11.7. The van der Waals surface area contributed by atoms with Crippen molar-refractivity contribution in [3.8, 4) is 0 Å². The third-order valence-electron chi connectivity index (χ3n) is 2.76. The lowest BCUT2D eigenvalue weighted by Crippen LogP contribution is -2.53. The Morgan fingerprint density at radius 1 is 1.38 bits per heavy atom. The molecule has 1 aromatic carbocycles. The van der Waals surface area contributed by atoms with Crippen molar-refractivity contribution in [2.45, 2.75) is 24.7 Å². The van der Waals surface area contributed by atoms with Gasteiger partial charge in [0.2, 0.25) is 0 Å². The van der Waals surface area contributed by atoms with E-state index < -0.39 is 23.6 Å². The molecule has 0 bridgehead atoms. The van der Waals surface area contributed by atoms with Crippen LogP contribution in [-0.2, 0) is 9.53 Å². The summed E-state index contributed by atoms with van der Waals surface area (Å²) >= 11 is 0. The van der Waals surface area contributed by atoms with Crippen molar-refractivity contribution < 1.29 is 19.7 Å². The highest BCUT2D eigenvalue weighted by atomic mass is 16.5. The van der Waals surface area contributed by atoms with Gasteiger partial charge in [0.05, 0.1) is 6.61 Å². The lowest BCUT2D eigenvalue weighted by atomic mass is 9.89. The maximum absolute atomic E-state index is 11.7. The van der Waals surface area contributed by atoms with Crippen LogP contribution < -0.4 is 0 Å². The highest BCUT2D eigenvalue weighted by Gasteiger charge is 2.45. The zero-order valence-electron chi connectivity index (χ0n) is 8.96. The number of aliphatic hydroxyl groups excluding tert-OH is 1. The van der Waals surface area contributed by atoms with Crippen LogP contribution in [0.15, 0.2) is 30.3 Å². The van der Waals surface area contributed by atoms with Crippen molar-refractivity contribution in [1.82, 2.24) is 0 Å². The monoisotopic (exact) mass is 222 g/mol. The van der Waals surface area contributed by atoms with Gasteiger partial charge in [0, 0.05) is 0 Å². The zero-order chi connectivity index (χ0) is 11.8. The van der Waals surface area contributed by atoms with Crippen molar-refractivity contribution in [3.05, 3.63) is 35.9 Å². The van der Waals surface area contributed by atoms with E-state index in [1.807, 2.05) is 18.2 Å². The summed E-state index contributed by atoms with van der Waals surface area (Å²) in [5, 5.41) is 19.4. The van der Waals surface area contributed by atoms with Crippen molar-refractivity contribution in [2.75, 3.05) is 6.61 Å². The van der Waals surface area contributed by atoms with Crippen LogP contribution >= 0.6 is 0 Å². The molecule has 0 spiro atoms. The molecule has 1 heterocycles. The topological polar surface area (TPSA) is 66.8 Å². The average Bonchev–Trinajstić information content (AvgIpc) is 2.27. The van der Waals surface area contributed by atoms with E-state index in [4.69, 9.17) is 4.74 Å². The number of rotatable bonds is 1. The Labute approximate surface area is 93.5 Å². The van der Waals surface area contributed by atoms with Gasteiger partial charge in [0.15, 0.2) is 5.78 Å². The lowest BCUT2D eigenvalue weighted by molar-refractivity contribution is -0.182. The van der Waals surface area contributed by atoms with Crippen LogP contribution in [0.25, 0.3) is 0 Å². The fraction of sp³-hybridized carbons (Fsp3) is 0.417. The molecule has 0 saturated carbocycles. The quantitative estimate of drug-likeness (QED) is 0.723. The van der Waals surface area contributed by atoms with E-state index in [-0.39, 0.29) is 6.61 Å². The SMILES string of the molecule is CC1(O)COC(c2ccccc2)C(O)C1=O. The van der Waals surface area contributed by atoms with E-state index in [1.54, 1.807) is 12.1 Å². The van der Waals surface area contributed by atoms with Crippen LogP contribution in [0.4, 0.5) is 0 Å². The van der Waals surface area contributed by atoms with Gasteiger partial charge in [-0.25, -0.2) is 0 Å². The highest BCUT2D eigenvalue weighted by molar-refractivity contribution is 5.91. The van der Waals surface area contributed by atoms with Crippen molar-refractivity contribution in [3.63, 3.8) is 0 Å². The second-order valence-electron chi connectivity index (χ2n) is 4.23. The van der Waals surface area contributed by atoms with Crippen LogP contribution in [0.3, 0.4) is 0 Å². The van der Waals surface area contributed by atoms with Gasteiger partial charge in [-0.3, -0.25) is 4.79 Å². The van der Waals surface area contributed by atoms with E-state index in [0.29, 0.717) is 0 Å². The molecule has 2 N–H and O–H groups in total. The molecule has 0 aliphatic carbocycles. The second-order valence-corrected chi connectivity index (χ2v) is 4.23. The van der Waals surface area contributed by atoms with Gasteiger partial charge in [-0.2, -0.15) is 0 Å². The Morgan fingerprint density at radius 3 is 2.62 bits per heavy atom. The summed E-state index contributed by atoms with van der Waals surface area (Å²) in [5.41, 5.74) is -0.858. The van der Waals surface area contributed by atoms with Crippen molar-refractivity contribution in [2.24, 2.45) is 0 Å². The van der Waals surface area contributed by atoms with E-state index >= 15 is 0 Å². The van der Waals surface area contributed by atoms with Gasteiger partial charge in [-0.05, 0) is 12.5 Å². The Kier molecular flexibility index (Phi) is 2.80. The van der Waals surface area contributed by atoms with E-state index in [2.05, 4.69) is 0 Å². The molecule has 0 aromatic heterocycles. The standard InChI is InChI=1S/C12H14O4/c1-12(15)7-16-10(9(13)11(12)14)8-5-3-2-4-6-8/h2-6,9-10,13,15H,7H2,1H3. The summed E-state index contributed by atoms with van der Waals surface area (Å²) < 4.78 is 5.34. The maximum Gasteiger partial charge on any atom is 0.197 e. The molecule has 16 heavy (non-hydrogen) atoms. The molecule has 3 atom stereocenters. The first-order valence-corrected chi connectivity index (χ1v) is 5.14. The number of hydrogen-bond donors (Lipinski definition) is 2. The smallest absolute Gasteiger partial charge is 0.197 e. The van der Waals surface area contributed by atoms with E-state index in [9.17, 15) is 15.0 Å². The molecule has 1 aromatic rings. The molecule has 1 saturated heterocycles. The largest absolute Gasteiger partial charge is 0.382 e. The fourth-order valence-electron chi connectivity index (χ4n) is 1.79. The Morgan fingerprint density at radius 2 is 2.00 bits per heavy atom. The molecule has 0 amide bonds. The number of hydrogen-bond acceptors (Lipinski definition) is 4. The molecule has 4 heteroatoms. The van der Waals surface area contributed by atoms with Gasteiger partial charge < -0.3 is 14.9 Å². The zero-order valence-corrected chi connectivity index (χ0v) is 8.96. The molecule has 1 fully saturated rings. The predicted molar refractivity (Wildman–Crippen MR) is 56.8 cm³/mol. The summed E-state index contributed by atoms with van der Waals surface area (Å²) in [6, 6.07) is 9.02. The molecule has 4 nitrogen and oxygen atoms in total. The average molecular weight is 222 g/mol. The maximum atomic E-state index is 11.7. The van der Waals surface area contributed by atoms with Gasteiger partial charge in [0.25, 0.3) is 0 Å². The van der Waals surface area contributed by atoms with Gasteiger partial charge in [0.1, 0.15) is 17.8 Å². The first-order valence-electron chi connectivity index (χ1n) is 5.14. The minimum absolute atomic E-state index is 0.0948. The molecule has 3 unspecified atom stereocenters. The number of benzene rings is 1. The summed E-state index contributed by atoms with van der Waals surface area (Å²) in [6.45, 7) is 1.25. The van der Waals surface area contributed by atoms with E-state index in [0.717, 1.165) is 5.56 Å². The van der Waals surface area contributed by atoms with Crippen LogP contribution in [-0.4, -0.2) is 34.3 Å². The Hall–Kier alpha value is -1.23. The van der Waals surface area contributed by atoms with Crippen LogP contribution in [0.2, 0.25) is 0 Å². The van der Waals surface area contributed by atoms with Gasteiger partial charge in [-0.1, -0.05) is 30.3 Å². The number of carbonyl (C=O) groups excluding carboxylic acids is 1. The Bertz CT molecular complexity index is 385. The molecule has 0 radical (unpaired) electrons. The highest BCUT2D eigenvalue weighted by Crippen LogP contribution is 2.30. The number of aliphatic hydroxyl groups is 2. The summed E-state index contributed by atoms with van der Waals surface area (Å²) in [5.74, 6) is -0.590. The summed E-state index contributed by atoms with van der Waals surface area (Å²) in [6.07, 6.45) is -2.00. The third-order valence-corrected chi connectivity index (χ3v) is 2.76. The second kappa shape index (κ2) is 3.97. The van der Waals surface area contributed by atoms with Gasteiger partial charge in [-0.15, -0.1) is 0 Å². The lowest BCUT2D eigenvalue weighted by Gasteiger charge is -2.35. The number of Topliss-reactive ketones (excluding diaryl/α,β-unsaturated/α-hetero) is 1. The normalized spacial score (nSPS) is 35.1. The van der Waals surface area contributed by atoms with Gasteiger partial charge >= 0.3 is 0 Å². The molecular weight excluding hydrogens is 208 g/mol. The molecule has 1 aliphatic rings. The summed E-state index contributed by atoms with van der Waals surface area (Å²) in [7, 11) is 0. The van der Waals surface area contributed by atoms with Crippen molar-refractivity contribution >= 4 is 5.78 Å². The first-order chi connectivity index (χ1) is 7.52. The van der Waals surface area contributed by atoms with Crippen LogP contribution in [0, 0.1) is 0 Å². The Balaban J connectivity index is 2.24. The first kappa shape index (κ1) is 11.3. The van der Waals surface area contributed by atoms with Crippen LogP contribution in [0.5, 0.6) is 0 Å². The third kappa shape index (κ3) is 1.87. The molecular formula is C12H14O4. The molecule has 2 rings (SSSR count). The van der Waals surface area contributed by atoms with Crippen LogP contribution in [0.1, 0.15) is 18.6 Å². The van der Waals surface area contributed by atoms with Crippen molar-refractivity contribution in [1.29, 1.82) is 0 Å². The van der Waals surface area contributed by atoms with E-state index in [1.165, 1.54) is 6.92 Å². The number of ether oxygens (including phenoxy) is 1. The molecule has 1 aliphatic heterocycles.